The molecule has 2 heterocycles. The molecule has 1 atom stereocenters. The molecule has 27 heavy (non-hydrogen) atoms. The highest BCUT2D eigenvalue weighted by atomic mass is 16.5. The van der Waals surface area contributed by atoms with E-state index >= 15 is 0 Å². The molecule has 146 valence electrons. The Bertz CT molecular complexity index is 661. The lowest BCUT2D eigenvalue weighted by Crippen LogP contribution is -2.39. The number of morpholine rings is 1. The Morgan fingerprint density at radius 1 is 1.19 bits per heavy atom. The molecular formula is C19H26N4O4. The van der Waals surface area contributed by atoms with Crippen molar-refractivity contribution in [1.29, 1.82) is 0 Å². The molecule has 0 spiro atoms. The summed E-state index contributed by atoms with van der Waals surface area (Å²) in [6.45, 7) is 5.04. The van der Waals surface area contributed by atoms with Gasteiger partial charge in [-0.15, -0.1) is 0 Å². The van der Waals surface area contributed by atoms with Crippen LogP contribution in [0.4, 0.5) is 4.79 Å². The van der Waals surface area contributed by atoms with Crippen molar-refractivity contribution in [3.8, 4) is 0 Å². The lowest BCUT2D eigenvalue weighted by atomic mass is 10.1. The van der Waals surface area contributed by atoms with Crippen molar-refractivity contribution in [3.63, 3.8) is 0 Å². The second kappa shape index (κ2) is 9.48. The minimum atomic E-state index is -0.791. The molecule has 0 aliphatic carbocycles. The maximum Gasteiger partial charge on any atom is 0.325 e. The van der Waals surface area contributed by atoms with Crippen LogP contribution in [0, 0.1) is 0 Å². The van der Waals surface area contributed by atoms with Gasteiger partial charge in [-0.1, -0.05) is 30.3 Å². The number of nitrogens with zero attached hydrogens (tertiary/aromatic N) is 2. The first-order valence-corrected chi connectivity index (χ1v) is 9.36. The van der Waals surface area contributed by atoms with Gasteiger partial charge in [0.1, 0.15) is 6.04 Å². The van der Waals surface area contributed by atoms with Crippen LogP contribution in [-0.4, -0.2) is 73.1 Å². The number of ether oxygens (including phenoxy) is 1. The van der Waals surface area contributed by atoms with Gasteiger partial charge in [-0.3, -0.25) is 19.4 Å². The van der Waals surface area contributed by atoms with E-state index in [4.69, 9.17) is 4.74 Å². The molecule has 1 aromatic rings. The van der Waals surface area contributed by atoms with Gasteiger partial charge in [-0.2, -0.15) is 0 Å². The molecule has 1 unspecified atom stereocenters. The predicted molar refractivity (Wildman–Crippen MR) is 98.8 cm³/mol. The van der Waals surface area contributed by atoms with Crippen LogP contribution >= 0.6 is 0 Å². The third-order valence-corrected chi connectivity index (χ3v) is 4.76. The first-order chi connectivity index (χ1) is 13.1. The molecule has 2 N–H and O–H groups in total. The number of rotatable bonds is 8. The van der Waals surface area contributed by atoms with Crippen LogP contribution in [0.5, 0.6) is 0 Å². The van der Waals surface area contributed by atoms with Crippen LogP contribution in [0.3, 0.4) is 0 Å². The molecule has 0 aromatic heterocycles. The fourth-order valence-electron chi connectivity index (χ4n) is 3.24. The lowest BCUT2D eigenvalue weighted by molar-refractivity contribution is -0.131. The van der Waals surface area contributed by atoms with Gasteiger partial charge in [-0.25, -0.2) is 4.79 Å². The fourth-order valence-corrected chi connectivity index (χ4v) is 3.24. The molecule has 8 nitrogen and oxygen atoms in total. The summed E-state index contributed by atoms with van der Waals surface area (Å²) in [5, 5.41) is 5.43. The number of imide groups is 1. The zero-order valence-corrected chi connectivity index (χ0v) is 15.4. The number of benzene rings is 1. The highest BCUT2D eigenvalue weighted by Crippen LogP contribution is 2.14. The fraction of sp³-hybridized carbons (Fsp3) is 0.526. The van der Waals surface area contributed by atoms with Crippen LogP contribution in [0.2, 0.25) is 0 Å². The summed E-state index contributed by atoms with van der Waals surface area (Å²) in [7, 11) is 0. The van der Waals surface area contributed by atoms with E-state index in [0.29, 0.717) is 6.54 Å². The van der Waals surface area contributed by atoms with Crippen LogP contribution in [0.15, 0.2) is 30.3 Å². The zero-order chi connectivity index (χ0) is 19.1. The molecule has 0 radical (unpaired) electrons. The normalized spacial score (nSPS) is 20.6. The van der Waals surface area contributed by atoms with E-state index in [2.05, 4.69) is 15.5 Å². The van der Waals surface area contributed by atoms with Gasteiger partial charge in [0.05, 0.1) is 26.2 Å². The Labute approximate surface area is 158 Å². The number of hydrogen-bond donors (Lipinski definition) is 2. The van der Waals surface area contributed by atoms with Crippen LogP contribution in [0.25, 0.3) is 0 Å². The SMILES string of the molecule is O=C(CC1NC(=O)N(Cc2ccccc2)C1=O)NCCCN1CCOCC1. The maximum atomic E-state index is 12.4. The van der Waals surface area contributed by atoms with E-state index in [1.807, 2.05) is 30.3 Å². The summed E-state index contributed by atoms with van der Waals surface area (Å²) in [6.07, 6.45) is 0.810. The van der Waals surface area contributed by atoms with Crippen molar-refractivity contribution in [1.82, 2.24) is 20.4 Å². The minimum absolute atomic E-state index is 0.0343. The van der Waals surface area contributed by atoms with Crippen molar-refractivity contribution in [2.75, 3.05) is 39.4 Å². The lowest BCUT2D eigenvalue weighted by Gasteiger charge is -2.26. The van der Waals surface area contributed by atoms with Gasteiger partial charge < -0.3 is 15.4 Å². The summed E-state index contributed by atoms with van der Waals surface area (Å²) in [5.74, 6) is -0.579. The van der Waals surface area contributed by atoms with Crippen LogP contribution < -0.4 is 10.6 Å². The Hall–Kier alpha value is -2.45. The van der Waals surface area contributed by atoms with E-state index in [1.54, 1.807) is 0 Å². The van der Waals surface area contributed by atoms with Gasteiger partial charge in [0.2, 0.25) is 5.91 Å². The molecule has 2 aliphatic heterocycles. The van der Waals surface area contributed by atoms with Crippen LogP contribution in [0.1, 0.15) is 18.4 Å². The molecular weight excluding hydrogens is 348 g/mol. The Balaban J connectivity index is 1.39. The minimum Gasteiger partial charge on any atom is -0.379 e. The molecule has 2 saturated heterocycles. The second-order valence-corrected chi connectivity index (χ2v) is 6.77. The van der Waals surface area contributed by atoms with Gasteiger partial charge in [0.15, 0.2) is 0 Å². The second-order valence-electron chi connectivity index (χ2n) is 6.77. The van der Waals surface area contributed by atoms with Crippen LogP contribution in [-0.2, 0) is 20.9 Å². The third-order valence-electron chi connectivity index (χ3n) is 4.76. The molecule has 8 heteroatoms. The van der Waals surface area contributed by atoms with E-state index in [-0.39, 0.29) is 24.8 Å². The van der Waals surface area contributed by atoms with Crippen molar-refractivity contribution < 1.29 is 19.1 Å². The summed E-state index contributed by atoms with van der Waals surface area (Å²) < 4.78 is 5.30. The number of nitrogens with one attached hydrogen (secondary N) is 2. The molecule has 2 aliphatic rings. The number of urea groups is 1. The Morgan fingerprint density at radius 2 is 1.93 bits per heavy atom. The zero-order valence-electron chi connectivity index (χ0n) is 15.4. The van der Waals surface area contributed by atoms with Crippen molar-refractivity contribution in [3.05, 3.63) is 35.9 Å². The Morgan fingerprint density at radius 3 is 2.67 bits per heavy atom. The summed E-state index contributed by atoms with van der Waals surface area (Å²) in [4.78, 5) is 40.1. The monoisotopic (exact) mass is 374 g/mol. The van der Waals surface area contributed by atoms with E-state index < -0.39 is 12.1 Å². The summed E-state index contributed by atoms with van der Waals surface area (Å²) >= 11 is 0. The molecule has 3 rings (SSSR count). The van der Waals surface area contributed by atoms with Crippen molar-refractivity contribution in [2.45, 2.75) is 25.4 Å². The topological polar surface area (TPSA) is 91.0 Å². The van der Waals surface area contributed by atoms with E-state index in [9.17, 15) is 14.4 Å². The Kier molecular flexibility index (Phi) is 6.78. The standard InChI is InChI=1S/C19H26N4O4/c24-17(20-7-4-8-22-9-11-27-12-10-22)13-16-18(25)23(19(26)21-16)14-15-5-2-1-3-6-15/h1-3,5-6,16H,4,7-14H2,(H,20,24)(H,21,26). The maximum absolute atomic E-state index is 12.4. The van der Waals surface area contributed by atoms with Crippen molar-refractivity contribution >= 4 is 17.8 Å². The van der Waals surface area contributed by atoms with Gasteiger partial charge >= 0.3 is 6.03 Å². The largest absolute Gasteiger partial charge is 0.379 e. The summed E-state index contributed by atoms with van der Waals surface area (Å²) in [5.41, 5.74) is 0.870. The predicted octanol–water partition coefficient (Wildman–Crippen LogP) is 0.336. The van der Waals surface area contributed by atoms with E-state index in [0.717, 1.165) is 49.7 Å². The van der Waals surface area contributed by atoms with Gasteiger partial charge in [0.25, 0.3) is 5.91 Å². The van der Waals surface area contributed by atoms with Gasteiger partial charge in [-0.05, 0) is 18.5 Å². The van der Waals surface area contributed by atoms with Crippen molar-refractivity contribution in [2.24, 2.45) is 0 Å². The summed E-state index contributed by atoms with van der Waals surface area (Å²) in [6, 6.07) is 8.06. The highest BCUT2D eigenvalue weighted by molar-refractivity contribution is 6.05. The molecule has 0 saturated carbocycles. The smallest absolute Gasteiger partial charge is 0.325 e. The molecule has 0 bridgehead atoms. The highest BCUT2D eigenvalue weighted by Gasteiger charge is 2.38. The molecule has 1 aromatic carbocycles. The first kappa shape index (κ1) is 19.3. The first-order valence-electron chi connectivity index (χ1n) is 9.36. The average molecular weight is 374 g/mol. The van der Waals surface area contributed by atoms with Gasteiger partial charge in [0, 0.05) is 19.6 Å². The molecule has 4 amide bonds. The quantitative estimate of drug-likeness (QED) is 0.506. The molecule has 2 fully saturated rings. The third kappa shape index (κ3) is 5.51. The average Bonchev–Trinajstić information content (AvgIpc) is 2.94. The number of carbonyl (C=O) groups is 3. The number of carbonyl (C=O) groups excluding carboxylic acids is 3. The number of amides is 4. The number of hydrogen-bond acceptors (Lipinski definition) is 5. The van der Waals surface area contributed by atoms with E-state index in [1.165, 1.54) is 0 Å².